The number of rotatable bonds is 2. The zero-order valence-corrected chi connectivity index (χ0v) is 11.0. The van der Waals surface area contributed by atoms with E-state index in [1.54, 1.807) is 13.0 Å². The molecule has 4 heteroatoms. The second kappa shape index (κ2) is 4.30. The van der Waals surface area contributed by atoms with Gasteiger partial charge < -0.3 is 5.11 Å². The van der Waals surface area contributed by atoms with Gasteiger partial charge >= 0.3 is 5.97 Å². The molecule has 0 amide bonds. The lowest BCUT2D eigenvalue weighted by atomic mass is 9.90. The Morgan fingerprint density at radius 3 is 3.00 bits per heavy atom. The highest BCUT2D eigenvalue weighted by molar-refractivity contribution is 5.74. The quantitative estimate of drug-likeness (QED) is 0.891. The maximum Gasteiger partial charge on any atom is 0.310 e. The smallest absolute Gasteiger partial charge is 0.310 e. The lowest BCUT2D eigenvalue weighted by Crippen LogP contribution is -2.33. The van der Waals surface area contributed by atoms with E-state index in [0.717, 1.165) is 30.5 Å². The third kappa shape index (κ3) is 1.94. The van der Waals surface area contributed by atoms with Crippen LogP contribution in [0.1, 0.15) is 36.9 Å². The van der Waals surface area contributed by atoms with E-state index in [-0.39, 0.29) is 11.9 Å². The fourth-order valence-corrected chi connectivity index (χ4v) is 3.40. The van der Waals surface area contributed by atoms with Gasteiger partial charge in [-0.15, -0.1) is 0 Å². The van der Waals surface area contributed by atoms with Crippen molar-refractivity contribution in [3.8, 4) is 0 Å². The molecule has 0 bridgehead atoms. The van der Waals surface area contributed by atoms with Crippen LogP contribution < -0.4 is 0 Å². The Morgan fingerprint density at radius 2 is 2.32 bits per heavy atom. The van der Waals surface area contributed by atoms with Gasteiger partial charge in [0, 0.05) is 12.6 Å². The van der Waals surface area contributed by atoms with Crippen LogP contribution in [0.3, 0.4) is 0 Å². The van der Waals surface area contributed by atoms with Crippen molar-refractivity contribution in [3.05, 3.63) is 35.1 Å². The van der Waals surface area contributed by atoms with Gasteiger partial charge in [-0.05, 0) is 49.9 Å². The minimum absolute atomic E-state index is 0.125. The van der Waals surface area contributed by atoms with Crippen molar-refractivity contribution in [1.82, 2.24) is 4.90 Å². The summed E-state index contributed by atoms with van der Waals surface area (Å²) < 4.78 is 13.7. The van der Waals surface area contributed by atoms with Crippen LogP contribution in [0.25, 0.3) is 0 Å². The second-order valence-corrected chi connectivity index (χ2v) is 5.95. The van der Waals surface area contributed by atoms with Crippen molar-refractivity contribution < 1.29 is 14.3 Å². The van der Waals surface area contributed by atoms with Crippen molar-refractivity contribution in [2.45, 2.75) is 32.2 Å². The van der Waals surface area contributed by atoms with Gasteiger partial charge in [0.1, 0.15) is 5.82 Å². The van der Waals surface area contributed by atoms with Crippen molar-refractivity contribution >= 4 is 5.97 Å². The number of carboxylic acids is 1. The Morgan fingerprint density at radius 1 is 1.53 bits per heavy atom. The Balaban J connectivity index is 1.84. The molecule has 1 aliphatic carbocycles. The molecule has 0 radical (unpaired) electrons. The first-order valence-corrected chi connectivity index (χ1v) is 6.76. The Hall–Kier alpha value is -1.42. The summed E-state index contributed by atoms with van der Waals surface area (Å²) >= 11 is 0. The minimum atomic E-state index is -0.729. The van der Waals surface area contributed by atoms with E-state index < -0.39 is 11.4 Å². The molecular weight excluding hydrogens is 245 g/mol. The molecule has 3 nitrogen and oxygen atoms in total. The van der Waals surface area contributed by atoms with Gasteiger partial charge in [-0.3, -0.25) is 9.69 Å². The fourth-order valence-electron chi connectivity index (χ4n) is 3.40. The summed E-state index contributed by atoms with van der Waals surface area (Å²) in [4.78, 5) is 13.5. The molecule has 1 saturated heterocycles. The largest absolute Gasteiger partial charge is 0.481 e. The van der Waals surface area contributed by atoms with E-state index in [4.69, 9.17) is 0 Å². The average molecular weight is 263 g/mol. The Labute approximate surface area is 112 Å². The molecule has 0 spiro atoms. The van der Waals surface area contributed by atoms with Crippen LogP contribution in [0.2, 0.25) is 0 Å². The molecule has 2 atom stereocenters. The lowest BCUT2D eigenvalue weighted by molar-refractivity contribution is -0.147. The number of fused-ring (bicyclic) bond motifs is 1. The summed E-state index contributed by atoms with van der Waals surface area (Å²) in [7, 11) is 0. The third-order valence-electron chi connectivity index (χ3n) is 4.64. The molecule has 19 heavy (non-hydrogen) atoms. The summed E-state index contributed by atoms with van der Waals surface area (Å²) in [6.07, 6.45) is 2.32. The molecule has 102 valence electrons. The van der Waals surface area contributed by atoms with Crippen molar-refractivity contribution in [2.75, 3.05) is 13.1 Å². The zero-order valence-electron chi connectivity index (χ0n) is 11.0. The number of carbonyl (C=O) groups is 1. The van der Waals surface area contributed by atoms with E-state index in [0.29, 0.717) is 13.0 Å². The number of halogens is 1. The van der Waals surface area contributed by atoms with Crippen molar-refractivity contribution in [2.24, 2.45) is 5.41 Å². The first-order valence-electron chi connectivity index (χ1n) is 6.76. The predicted octanol–water partition coefficient (Wildman–Crippen LogP) is 2.61. The summed E-state index contributed by atoms with van der Waals surface area (Å²) in [5.41, 5.74) is 1.21. The average Bonchev–Trinajstić information content (AvgIpc) is 2.94. The van der Waals surface area contributed by atoms with E-state index in [2.05, 4.69) is 4.90 Å². The molecule has 2 unspecified atom stereocenters. The molecule has 3 rings (SSSR count). The number of nitrogens with zero attached hydrogens (tertiary/aromatic N) is 1. The van der Waals surface area contributed by atoms with E-state index in [1.807, 2.05) is 6.07 Å². The monoisotopic (exact) mass is 263 g/mol. The molecular formula is C15H18FNO2. The Kier molecular flexibility index (Phi) is 2.86. The van der Waals surface area contributed by atoms with E-state index in [1.165, 1.54) is 6.07 Å². The van der Waals surface area contributed by atoms with E-state index in [9.17, 15) is 14.3 Å². The first-order chi connectivity index (χ1) is 9.01. The SMILES string of the molecule is CC1(C(=O)O)CCN(C2CCc3c(F)cccc32)C1. The van der Waals surface area contributed by atoms with E-state index >= 15 is 0 Å². The molecule has 0 saturated carbocycles. The number of carboxylic acid groups (broad SMARTS) is 1. The number of hydrogen-bond donors (Lipinski definition) is 1. The molecule has 0 aromatic heterocycles. The van der Waals surface area contributed by atoms with Gasteiger partial charge in [-0.1, -0.05) is 12.1 Å². The van der Waals surface area contributed by atoms with Gasteiger partial charge in [0.15, 0.2) is 0 Å². The summed E-state index contributed by atoms with van der Waals surface area (Å²) in [5, 5.41) is 9.29. The van der Waals surface area contributed by atoms with Gasteiger partial charge in [-0.25, -0.2) is 4.39 Å². The summed E-state index contributed by atoms with van der Waals surface area (Å²) in [5.74, 6) is -0.854. The van der Waals surface area contributed by atoms with Gasteiger partial charge in [0.25, 0.3) is 0 Å². The molecule has 1 N–H and O–H groups in total. The number of aliphatic carboxylic acids is 1. The lowest BCUT2D eigenvalue weighted by Gasteiger charge is -2.26. The highest BCUT2D eigenvalue weighted by Gasteiger charge is 2.44. The number of hydrogen-bond acceptors (Lipinski definition) is 2. The maximum atomic E-state index is 13.7. The van der Waals surface area contributed by atoms with Crippen LogP contribution in [0, 0.1) is 11.2 Å². The van der Waals surface area contributed by atoms with Crippen molar-refractivity contribution in [1.29, 1.82) is 0 Å². The number of likely N-dealkylation sites (tertiary alicyclic amines) is 1. The standard InChI is InChI=1S/C15H18FNO2/c1-15(14(18)19)7-8-17(9-15)13-6-5-10-11(13)3-2-4-12(10)16/h2-4,13H,5-9H2,1H3,(H,18,19). The first kappa shape index (κ1) is 12.6. The van der Waals surface area contributed by atoms with Crippen LogP contribution in [0.15, 0.2) is 18.2 Å². The van der Waals surface area contributed by atoms with Crippen LogP contribution in [-0.2, 0) is 11.2 Å². The third-order valence-corrected chi connectivity index (χ3v) is 4.64. The summed E-state index contributed by atoms with van der Waals surface area (Å²) in [6, 6.07) is 5.42. The fraction of sp³-hybridized carbons (Fsp3) is 0.533. The minimum Gasteiger partial charge on any atom is -0.481 e. The van der Waals surface area contributed by atoms with Crippen molar-refractivity contribution in [3.63, 3.8) is 0 Å². The predicted molar refractivity (Wildman–Crippen MR) is 69.4 cm³/mol. The van der Waals surface area contributed by atoms with Gasteiger partial charge in [0.2, 0.25) is 0 Å². The normalized spacial score (nSPS) is 30.5. The molecule has 1 aliphatic heterocycles. The van der Waals surface area contributed by atoms with Crippen LogP contribution >= 0.6 is 0 Å². The molecule has 1 heterocycles. The number of benzene rings is 1. The molecule has 1 fully saturated rings. The molecule has 2 aliphatic rings. The second-order valence-electron chi connectivity index (χ2n) is 5.95. The topological polar surface area (TPSA) is 40.5 Å². The van der Waals surface area contributed by atoms with Crippen LogP contribution in [0.4, 0.5) is 4.39 Å². The maximum absolute atomic E-state index is 13.7. The highest BCUT2D eigenvalue weighted by Crippen LogP contribution is 2.42. The molecule has 1 aromatic rings. The van der Waals surface area contributed by atoms with Crippen LogP contribution in [-0.4, -0.2) is 29.1 Å². The van der Waals surface area contributed by atoms with Gasteiger partial charge in [0.05, 0.1) is 5.41 Å². The van der Waals surface area contributed by atoms with Crippen LogP contribution in [0.5, 0.6) is 0 Å². The zero-order chi connectivity index (χ0) is 13.6. The Bertz CT molecular complexity index is 531. The molecule has 1 aromatic carbocycles. The highest BCUT2D eigenvalue weighted by atomic mass is 19.1. The summed E-state index contributed by atoms with van der Waals surface area (Å²) in [6.45, 7) is 3.14. The van der Waals surface area contributed by atoms with Gasteiger partial charge in [-0.2, -0.15) is 0 Å².